The van der Waals surface area contributed by atoms with Gasteiger partial charge in [0.1, 0.15) is 0 Å². The zero-order valence-electron chi connectivity index (χ0n) is 15.1. The van der Waals surface area contributed by atoms with Crippen LogP contribution in [0.3, 0.4) is 0 Å². The van der Waals surface area contributed by atoms with Gasteiger partial charge in [-0.2, -0.15) is 35.1 Å². The van der Waals surface area contributed by atoms with Crippen LogP contribution in [0.15, 0.2) is 24.3 Å². The minimum absolute atomic E-state index is 0.513. The van der Waals surface area contributed by atoms with Crippen molar-refractivity contribution in [3.63, 3.8) is 0 Å². The van der Waals surface area contributed by atoms with Crippen LogP contribution in [-0.2, 0) is 19.1 Å². The van der Waals surface area contributed by atoms with Crippen molar-refractivity contribution in [2.45, 2.75) is 57.0 Å². The molecule has 0 aromatic carbocycles. The molecule has 28 heavy (non-hydrogen) atoms. The molecule has 162 valence electrons. The Morgan fingerprint density at radius 3 is 1.64 bits per heavy atom. The number of ether oxygens (including phenoxy) is 2. The van der Waals surface area contributed by atoms with E-state index < -0.39 is 65.9 Å². The van der Waals surface area contributed by atoms with Gasteiger partial charge in [0.25, 0.3) is 0 Å². The van der Waals surface area contributed by atoms with Gasteiger partial charge < -0.3 is 9.47 Å². The normalized spacial score (nSPS) is 14.2. The highest BCUT2D eigenvalue weighted by molar-refractivity contribution is 5.87. The Balaban J connectivity index is 5.86. The van der Waals surface area contributed by atoms with Gasteiger partial charge in [-0.05, 0) is 20.3 Å². The molecular weight excluding hydrogens is 408 g/mol. The molecular formula is C16H18F8O4. The standard InChI is InChI=1S/C16H18F8O4/c1-6-10(28-12(26)9(4)5)14(19,20)16(23,24)15(21,22)13(17,18)7-27-11(25)8(2)3/h10H,2,4,6-7H2,1,3,5H3. The van der Waals surface area contributed by atoms with E-state index in [1.807, 2.05) is 0 Å². The molecule has 0 spiro atoms. The van der Waals surface area contributed by atoms with Crippen LogP contribution in [0.5, 0.6) is 0 Å². The van der Waals surface area contributed by atoms with Gasteiger partial charge in [-0.25, -0.2) is 9.59 Å². The van der Waals surface area contributed by atoms with Gasteiger partial charge in [0.2, 0.25) is 0 Å². The van der Waals surface area contributed by atoms with E-state index in [2.05, 4.69) is 22.6 Å². The summed E-state index contributed by atoms with van der Waals surface area (Å²) in [5.41, 5.74) is -1.03. The van der Waals surface area contributed by atoms with Crippen LogP contribution in [-0.4, -0.2) is 48.3 Å². The highest BCUT2D eigenvalue weighted by Gasteiger charge is 2.82. The van der Waals surface area contributed by atoms with E-state index in [0.717, 1.165) is 20.8 Å². The van der Waals surface area contributed by atoms with E-state index in [0.29, 0.717) is 0 Å². The lowest BCUT2D eigenvalue weighted by atomic mass is 9.94. The average Bonchev–Trinajstić information content (AvgIpc) is 2.56. The quantitative estimate of drug-likeness (QED) is 0.292. The summed E-state index contributed by atoms with van der Waals surface area (Å²) >= 11 is 0. The van der Waals surface area contributed by atoms with Gasteiger partial charge in [-0.15, -0.1) is 0 Å². The molecule has 1 atom stereocenters. The molecule has 0 fully saturated rings. The number of esters is 2. The van der Waals surface area contributed by atoms with Gasteiger partial charge >= 0.3 is 35.6 Å². The first-order valence-electron chi connectivity index (χ1n) is 7.57. The van der Waals surface area contributed by atoms with Crippen LogP contribution in [0.2, 0.25) is 0 Å². The molecule has 0 saturated heterocycles. The van der Waals surface area contributed by atoms with E-state index in [1.54, 1.807) is 0 Å². The fraction of sp³-hybridized carbons (Fsp3) is 0.625. The molecule has 0 aromatic heterocycles. The number of hydrogen-bond donors (Lipinski definition) is 0. The molecule has 0 amide bonds. The van der Waals surface area contributed by atoms with E-state index in [-0.39, 0.29) is 0 Å². The largest absolute Gasteiger partial charge is 0.456 e. The molecule has 0 aliphatic rings. The number of carbonyl (C=O) groups excluding carboxylic acids is 2. The highest BCUT2D eigenvalue weighted by atomic mass is 19.4. The molecule has 0 bridgehead atoms. The summed E-state index contributed by atoms with van der Waals surface area (Å²) in [5, 5.41) is 0. The summed E-state index contributed by atoms with van der Waals surface area (Å²) in [5.74, 6) is -28.4. The van der Waals surface area contributed by atoms with Crippen molar-refractivity contribution < 1.29 is 54.2 Å². The molecule has 0 aliphatic carbocycles. The predicted octanol–water partition coefficient (Wildman–Crippen LogP) is 4.54. The van der Waals surface area contributed by atoms with E-state index in [9.17, 15) is 44.7 Å². The number of alkyl halides is 8. The second-order valence-corrected chi connectivity index (χ2v) is 5.92. The average molecular weight is 426 g/mol. The maximum absolute atomic E-state index is 14.1. The summed E-state index contributed by atoms with van der Waals surface area (Å²) in [6.07, 6.45) is -4.26. The van der Waals surface area contributed by atoms with Gasteiger partial charge in [0, 0.05) is 11.1 Å². The second kappa shape index (κ2) is 8.48. The van der Waals surface area contributed by atoms with Crippen molar-refractivity contribution >= 4 is 11.9 Å². The maximum Gasteiger partial charge on any atom is 0.382 e. The predicted molar refractivity (Wildman–Crippen MR) is 80.5 cm³/mol. The molecule has 0 saturated carbocycles. The third-order valence-electron chi connectivity index (χ3n) is 3.38. The van der Waals surface area contributed by atoms with Gasteiger partial charge in [-0.3, -0.25) is 0 Å². The van der Waals surface area contributed by atoms with Crippen LogP contribution < -0.4 is 0 Å². The van der Waals surface area contributed by atoms with Gasteiger partial charge in [0.05, 0.1) is 0 Å². The van der Waals surface area contributed by atoms with E-state index in [1.165, 1.54) is 0 Å². The Kier molecular flexibility index (Phi) is 7.83. The van der Waals surface area contributed by atoms with Crippen molar-refractivity contribution in [3.8, 4) is 0 Å². The monoisotopic (exact) mass is 426 g/mol. The number of carbonyl (C=O) groups is 2. The zero-order valence-corrected chi connectivity index (χ0v) is 15.1. The van der Waals surface area contributed by atoms with Crippen LogP contribution in [0, 0.1) is 0 Å². The van der Waals surface area contributed by atoms with Crippen molar-refractivity contribution in [2.75, 3.05) is 6.61 Å². The summed E-state index contributed by atoms with van der Waals surface area (Å²) in [7, 11) is 0. The molecule has 1 unspecified atom stereocenters. The molecule has 0 heterocycles. The Hall–Kier alpha value is -2.14. The Morgan fingerprint density at radius 2 is 1.29 bits per heavy atom. The molecule has 0 rings (SSSR count). The second-order valence-electron chi connectivity index (χ2n) is 5.92. The summed E-state index contributed by atoms with van der Waals surface area (Å²) in [6, 6.07) is 0. The number of halogens is 8. The van der Waals surface area contributed by atoms with Crippen LogP contribution >= 0.6 is 0 Å². The van der Waals surface area contributed by atoms with Crippen LogP contribution in [0.1, 0.15) is 27.2 Å². The van der Waals surface area contributed by atoms with E-state index >= 15 is 0 Å². The Morgan fingerprint density at radius 1 is 0.857 bits per heavy atom. The molecule has 0 N–H and O–H groups in total. The molecule has 12 heteroatoms. The fourth-order valence-corrected chi connectivity index (χ4v) is 1.65. The van der Waals surface area contributed by atoms with Gasteiger partial charge in [-0.1, -0.05) is 20.1 Å². The van der Waals surface area contributed by atoms with E-state index in [4.69, 9.17) is 0 Å². The van der Waals surface area contributed by atoms with Crippen LogP contribution in [0.25, 0.3) is 0 Å². The van der Waals surface area contributed by atoms with Crippen molar-refractivity contribution in [2.24, 2.45) is 0 Å². The van der Waals surface area contributed by atoms with Gasteiger partial charge in [0.15, 0.2) is 12.7 Å². The minimum atomic E-state index is -6.69. The minimum Gasteiger partial charge on any atom is -0.456 e. The molecule has 0 aromatic rings. The number of rotatable bonds is 10. The van der Waals surface area contributed by atoms with Crippen molar-refractivity contribution in [3.05, 3.63) is 24.3 Å². The lowest BCUT2D eigenvalue weighted by molar-refractivity contribution is -0.383. The van der Waals surface area contributed by atoms with Crippen molar-refractivity contribution in [1.82, 2.24) is 0 Å². The highest BCUT2D eigenvalue weighted by Crippen LogP contribution is 2.54. The first-order chi connectivity index (χ1) is 12.4. The first-order valence-corrected chi connectivity index (χ1v) is 7.57. The topological polar surface area (TPSA) is 52.6 Å². The summed E-state index contributed by atoms with van der Waals surface area (Å²) < 4.78 is 118. The number of hydrogen-bond acceptors (Lipinski definition) is 4. The third-order valence-corrected chi connectivity index (χ3v) is 3.38. The van der Waals surface area contributed by atoms with Crippen LogP contribution in [0.4, 0.5) is 35.1 Å². The lowest BCUT2D eigenvalue weighted by Crippen LogP contribution is -2.66. The SMILES string of the molecule is C=C(C)C(=O)OCC(F)(F)C(F)(F)C(F)(F)C(F)(F)C(CC)OC(=O)C(=C)C. The smallest absolute Gasteiger partial charge is 0.382 e. The zero-order chi connectivity index (χ0) is 22.7. The first kappa shape index (κ1) is 25.9. The van der Waals surface area contributed by atoms with Crippen molar-refractivity contribution in [1.29, 1.82) is 0 Å². The third kappa shape index (κ3) is 4.82. The lowest BCUT2D eigenvalue weighted by Gasteiger charge is -2.39. The molecule has 0 aliphatic heterocycles. The maximum atomic E-state index is 14.1. The summed E-state index contributed by atoms with van der Waals surface area (Å²) in [6.45, 7) is 6.03. The Bertz CT molecular complexity index is 643. The molecule has 4 nitrogen and oxygen atoms in total. The Labute approximate surface area is 155 Å². The fourth-order valence-electron chi connectivity index (χ4n) is 1.65. The molecule has 0 radical (unpaired) electrons. The summed E-state index contributed by atoms with van der Waals surface area (Å²) in [4.78, 5) is 22.3.